The van der Waals surface area contributed by atoms with Gasteiger partial charge in [-0.25, -0.2) is 12.8 Å². The SMILES string of the molecule is COc1ccc(S(=O)(=O)N(CC(=O)Nc2ccc(Br)cc2F)c2ccccc2)cc1OC. The van der Waals surface area contributed by atoms with E-state index in [1.54, 1.807) is 36.4 Å². The molecule has 1 N–H and O–H groups in total. The van der Waals surface area contributed by atoms with Gasteiger partial charge in [0, 0.05) is 10.5 Å². The van der Waals surface area contributed by atoms with Gasteiger partial charge in [-0.2, -0.15) is 0 Å². The van der Waals surface area contributed by atoms with Crippen molar-refractivity contribution in [2.24, 2.45) is 0 Å². The standard InChI is InChI=1S/C22H20BrFN2O5S/c1-30-20-11-9-17(13-21(20)31-2)32(28,29)26(16-6-4-3-5-7-16)14-22(27)25-19-10-8-15(23)12-18(19)24/h3-13H,14H2,1-2H3,(H,25,27). The van der Waals surface area contributed by atoms with Crippen LogP contribution in [0.4, 0.5) is 15.8 Å². The number of ether oxygens (including phenoxy) is 2. The summed E-state index contributed by atoms with van der Waals surface area (Å²) in [5.74, 6) is -0.773. The Morgan fingerprint density at radius 1 is 1.00 bits per heavy atom. The predicted octanol–water partition coefficient (Wildman–Crippen LogP) is 4.44. The maximum absolute atomic E-state index is 14.1. The number of anilines is 2. The van der Waals surface area contributed by atoms with Gasteiger partial charge in [0.05, 0.1) is 30.5 Å². The summed E-state index contributed by atoms with van der Waals surface area (Å²) >= 11 is 3.15. The Balaban J connectivity index is 1.96. The lowest BCUT2D eigenvalue weighted by atomic mass is 10.3. The minimum Gasteiger partial charge on any atom is -0.493 e. The number of hydrogen-bond donors (Lipinski definition) is 1. The number of carbonyl (C=O) groups excluding carboxylic acids is 1. The summed E-state index contributed by atoms with van der Waals surface area (Å²) in [6.07, 6.45) is 0. The number of nitrogens with zero attached hydrogens (tertiary/aromatic N) is 1. The molecule has 1 amide bonds. The second-order valence-corrected chi connectivity index (χ2v) is 9.31. The number of halogens is 2. The van der Waals surface area contributed by atoms with E-state index >= 15 is 0 Å². The summed E-state index contributed by atoms with van der Waals surface area (Å²) in [6.45, 7) is -0.573. The number of carbonyl (C=O) groups is 1. The summed E-state index contributed by atoms with van der Waals surface area (Å²) in [7, 11) is -1.35. The first-order valence-corrected chi connectivity index (χ1v) is 11.5. The lowest BCUT2D eigenvalue weighted by Gasteiger charge is -2.24. The fraction of sp³-hybridized carbons (Fsp3) is 0.136. The van der Waals surface area contributed by atoms with Gasteiger partial charge in [0.15, 0.2) is 11.5 Å². The van der Waals surface area contributed by atoms with E-state index in [9.17, 15) is 17.6 Å². The Kier molecular flexibility index (Phi) is 7.37. The van der Waals surface area contributed by atoms with Crippen molar-refractivity contribution < 1.29 is 27.1 Å². The third kappa shape index (κ3) is 5.20. The van der Waals surface area contributed by atoms with E-state index in [4.69, 9.17) is 9.47 Å². The Bertz CT molecular complexity index is 1220. The van der Waals surface area contributed by atoms with Gasteiger partial charge in [0.25, 0.3) is 10.0 Å². The molecule has 0 bridgehead atoms. The van der Waals surface area contributed by atoms with Crippen LogP contribution in [0.1, 0.15) is 0 Å². The zero-order chi connectivity index (χ0) is 23.3. The van der Waals surface area contributed by atoms with Crippen molar-refractivity contribution in [1.29, 1.82) is 0 Å². The second kappa shape index (κ2) is 10.0. The van der Waals surface area contributed by atoms with Crippen LogP contribution in [0.2, 0.25) is 0 Å². The summed E-state index contributed by atoms with van der Waals surface area (Å²) in [4.78, 5) is 12.6. The molecule has 0 unspecified atom stereocenters. The van der Waals surface area contributed by atoms with Crippen LogP contribution in [0, 0.1) is 5.82 Å². The summed E-state index contributed by atoms with van der Waals surface area (Å²) < 4.78 is 52.9. The fourth-order valence-electron chi connectivity index (χ4n) is 2.92. The minimum absolute atomic E-state index is 0.0604. The van der Waals surface area contributed by atoms with Crippen LogP contribution in [0.25, 0.3) is 0 Å². The van der Waals surface area contributed by atoms with Crippen LogP contribution in [-0.2, 0) is 14.8 Å². The largest absolute Gasteiger partial charge is 0.493 e. The van der Waals surface area contributed by atoms with E-state index in [-0.39, 0.29) is 22.0 Å². The normalized spacial score (nSPS) is 11.0. The number of nitrogens with one attached hydrogen (secondary N) is 1. The first kappa shape index (κ1) is 23.6. The molecule has 0 radical (unpaired) electrons. The van der Waals surface area contributed by atoms with E-state index in [0.29, 0.717) is 10.2 Å². The van der Waals surface area contributed by atoms with Crippen molar-refractivity contribution in [3.8, 4) is 11.5 Å². The van der Waals surface area contributed by atoms with Gasteiger partial charge in [0.2, 0.25) is 5.91 Å². The Morgan fingerprint density at radius 2 is 1.69 bits per heavy atom. The summed E-state index contributed by atoms with van der Waals surface area (Å²) in [5.41, 5.74) is 0.212. The van der Waals surface area contributed by atoms with Gasteiger partial charge >= 0.3 is 0 Å². The average molecular weight is 523 g/mol. The highest BCUT2D eigenvalue weighted by Crippen LogP contribution is 2.32. The predicted molar refractivity (Wildman–Crippen MR) is 123 cm³/mol. The van der Waals surface area contributed by atoms with Crippen molar-refractivity contribution in [3.05, 3.63) is 77.0 Å². The molecule has 10 heteroatoms. The van der Waals surface area contributed by atoms with Gasteiger partial charge in [-0.3, -0.25) is 9.10 Å². The lowest BCUT2D eigenvalue weighted by Crippen LogP contribution is -2.38. The van der Waals surface area contributed by atoms with Crippen molar-refractivity contribution in [2.75, 3.05) is 30.4 Å². The van der Waals surface area contributed by atoms with E-state index in [1.807, 2.05) is 0 Å². The Labute approximate surface area is 193 Å². The number of rotatable bonds is 8. The van der Waals surface area contributed by atoms with Gasteiger partial charge in [-0.05, 0) is 42.5 Å². The van der Waals surface area contributed by atoms with Crippen molar-refractivity contribution in [1.82, 2.24) is 0 Å². The second-order valence-electron chi connectivity index (χ2n) is 6.54. The molecule has 0 spiro atoms. The summed E-state index contributed by atoms with van der Waals surface area (Å²) in [5, 5.41) is 2.42. The van der Waals surface area contributed by atoms with Crippen molar-refractivity contribution in [2.45, 2.75) is 4.90 Å². The van der Waals surface area contributed by atoms with Crippen molar-refractivity contribution >= 4 is 43.2 Å². The van der Waals surface area contributed by atoms with E-state index in [1.165, 1.54) is 44.6 Å². The number of benzene rings is 3. The fourth-order valence-corrected chi connectivity index (χ4v) is 4.69. The van der Waals surface area contributed by atoms with Crippen LogP contribution in [0.15, 0.2) is 76.1 Å². The first-order valence-electron chi connectivity index (χ1n) is 9.31. The molecule has 0 saturated carbocycles. The molecule has 0 aliphatic heterocycles. The zero-order valence-electron chi connectivity index (χ0n) is 17.2. The highest BCUT2D eigenvalue weighted by Gasteiger charge is 2.28. The number of sulfonamides is 1. The number of hydrogen-bond acceptors (Lipinski definition) is 5. The molecular formula is C22H20BrFN2O5S. The quantitative estimate of drug-likeness (QED) is 0.472. The number of para-hydroxylation sites is 1. The lowest BCUT2D eigenvalue weighted by molar-refractivity contribution is -0.114. The smallest absolute Gasteiger partial charge is 0.264 e. The zero-order valence-corrected chi connectivity index (χ0v) is 19.6. The van der Waals surface area contributed by atoms with Crippen LogP contribution < -0.4 is 19.1 Å². The van der Waals surface area contributed by atoms with Crippen LogP contribution >= 0.6 is 15.9 Å². The molecule has 32 heavy (non-hydrogen) atoms. The topological polar surface area (TPSA) is 84.9 Å². The van der Waals surface area contributed by atoms with E-state index < -0.39 is 28.3 Å². The maximum atomic E-state index is 14.1. The third-order valence-corrected chi connectivity index (χ3v) is 6.74. The summed E-state index contributed by atoms with van der Waals surface area (Å²) in [6, 6.07) is 16.4. The van der Waals surface area contributed by atoms with Gasteiger partial charge in [-0.1, -0.05) is 34.1 Å². The molecule has 0 atom stereocenters. The molecule has 0 saturated heterocycles. The van der Waals surface area contributed by atoms with Gasteiger partial charge < -0.3 is 14.8 Å². The molecule has 0 aromatic heterocycles. The minimum atomic E-state index is -4.18. The van der Waals surface area contributed by atoms with Crippen LogP contribution in [-0.4, -0.2) is 35.1 Å². The highest BCUT2D eigenvalue weighted by molar-refractivity contribution is 9.10. The molecule has 3 aromatic rings. The first-order chi connectivity index (χ1) is 15.3. The molecule has 7 nitrogen and oxygen atoms in total. The number of methoxy groups -OCH3 is 2. The average Bonchev–Trinajstić information content (AvgIpc) is 2.79. The van der Waals surface area contributed by atoms with Gasteiger partial charge in [-0.15, -0.1) is 0 Å². The molecule has 0 aliphatic carbocycles. The Morgan fingerprint density at radius 3 is 2.31 bits per heavy atom. The molecule has 3 aromatic carbocycles. The number of amides is 1. The molecule has 168 valence electrons. The van der Waals surface area contributed by atoms with E-state index in [2.05, 4.69) is 21.2 Å². The monoisotopic (exact) mass is 522 g/mol. The molecule has 0 aliphatic rings. The van der Waals surface area contributed by atoms with Crippen LogP contribution in [0.3, 0.4) is 0 Å². The third-order valence-electron chi connectivity index (χ3n) is 4.48. The highest BCUT2D eigenvalue weighted by atomic mass is 79.9. The Hall–Kier alpha value is -3.11. The molecule has 3 rings (SSSR count). The molecule has 0 heterocycles. The van der Waals surface area contributed by atoms with Gasteiger partial charge in [0.1, 0.15) is 12.4 Å². The molecule has 0 fully saturated rings. The van der Waals surface area contributed by atoms with Crippen LogP contribution in [0.5, 0.6) is 11.5 Å². The maximum Gasteiger partial charge on any atom is 0.264 e. The molecular weight excluding hydrogens is 503 g/mol. The van der Waals surface area contributed by atoms with E-state index in [0.717, 1.165) is 4.31 Å². The van der Waals surface area contributed by atoms with Crippen molar-refractivity contribution in [3.63, 3.8) is 0 Å².